The number of imidazole rings is 1. The molecule has 1 saturated heterocycles. The van der Waals surface area contributed by atoms with Gasteiger partial charge in [0.05, 0.1) is 5.52 Å². The maximum Gasteiger partial charge on any atom is 0.324 e. The number of pyridine rings is 1. The summed E-state index contributed by atoms with van der Waals surface area (Å²) in [6.45, 7) is 7.01. The second-order valence-electron chi connectivity index (χ2n) is 9.55. The normalized spacial score (nSPS) is 16.6. The molecule has 1 fully saturated rings. The fourth-order valence-corrected chi connectivity index (χ4v) is 4.83. The molecule has 2 aromatic heterocycles. The minimum absolute atomic E-state index is 0.274. The third kappa shape index (κ3) is 4.08. The van der Waals surface area contributed by atoms with Crippen LogP contribution in [0, 0.1) is 25.0 Å². The van der Waals surface area contributed by atoms with Crippen molar-refractivity contribution >= 4 is 22.8 Å². The van der Waals surface area contributed by atoms with Crippen LogP contribution < -0.4 is 4.73 Å². The highest BCUT2D eigenvalue weighted by Gasteiger charge is 2.52. The first-order valence-electron chi connectivity index (χ1n) is 11.8. The summed E-state index contributed by atoms with van der Waals surface area (Å²) >= 11 is 0. The summed E-state index contributed by atoms with van der Waals surface area (Å²) < 4.78 is 13.7. The minimum atomic E-state index is -1.38. The summed E-state index contributed by atoms with van der Waals surface area (Å²) in [6.07, 6.45) is 1.70. The fourth-order valence-electron chi connectivity index (χ4n) is 4.83. The number of cyclic esters (lactones) is 2. The molecule has 0 bridgehead atoms. The summed E-state index contributed by atoms with van der Waals surface area (Å²) in [5, 5.41) is 14.5. The van der Waals surface area contributed by atoms with Gasteiger partial charge in [0.2, 0.25) is 0 Å². The molecule has 2 aromatic carbocycles. The number of carbonyl (C=O) groups is 2. The molecule has 0 saturated carbocycles. The third-order valence-corrected chi connectivity index (χ3v) is 6.70. The Morgan fingerprint density at radius 1 is 1.03 bits per heavy atom. The SMILES string of the molecule is Cc1c(C)[n+]([O-])c(C(c2ccc3ncccc3c2)C2C(=O)OC(C)(C)OC2=O)n1Cc1ccccc1. The Labute approximate surface area is 208 Å². The van der Waals surface area contributed by atoms with Crippen LogP contribution in [0.25, 0.3) is 10.9 Å². The Balaban J connectivity index is 1.74. The molecule has 1 aliphatic heterocycles. The van der Waals surface area contributed by atoms with Crippen LogP contribution in [0.2, 0.25) is 0 Å². The van der Waals surface area contributed by atoms with Gasteiger partial charge in [-0.15, -0.1) is 0 Å². The number of benzene rings is 2. The molecule has 0 radical (unpaired) electrons. The zero-order chi connectivity index (χ0) is 25.6. The molecular formula is C28H27N3O5. The van der Waals surface area contributed by atoms with Gasteiger partial charge in [-0.1, -0.05) is 42.5 Å². The maximum absolute atomic E-state index is 13.6. The molecule has 8 nitrogen and oxygen atoms in total. The highest BCUT2D eigenvalue weighted by atomic mass is 16.7. The lowest BCUT2D eigenvalue weighted by atomic mass is 9.83. The molecule has 1 aliphatic rings. The third-order valence-electron chi connectivity index (χ3n) is 6.70. The molecule has 36 heavy (non-hydrogen) atoms. The summed E-state index contributed by atoms with van der Waals surface area (Å²) in [6, 6.07) is 18.9. The topological polar surface area (TPSA) is 97.4 Å². The number of nitrogens with zero attached hydrogens (tertiary/aromatic N) is 3. The summed E-state index contributed by atoms with van der Waals surface area (Å²) in [4.78, 5) is 30.9. The van der Waals surface area contributed by atoms with Crippen molar-refractivity contribution in [3.63, 3.8) is 0 Å². The largest absolute Gasteiger partial charge is 0.711 e. The second kappa shape index (κ2) is 8.78. The molecule has 4 aromatic rings. The number of aromatic nitrogens is 3. The Morgan fingerprint density at radius 2 is 1.72 bits per heavy atom. The zero-order valence-electron chi connectivity index (χ0n) is 20.6. The molecule has 0 aliphatic carbocycles. The van der Waals surface area contributed by atoms with Crippen molar-refractivity contribution in [2.24, 2.45) is 5.92 Å². The predicted molar refractivity (Wildman–Crippen MR) is 132 cm³/mol. The van der Waals surface area contributed by atoms with E-state index in [1.54, 1.807) is 19.2 Å². The molecule has 184 valence electrons. The van der Waals surface area contributed by atoms with E-state index in [1.807, 2.05) is 66.1 Å². The number of carbonyl (C=O) groups excluding carboxylic acids is 2. The maximum atomic E-state index is 13.6. The molecule has 0 spiro atoms. The van der Waals surface area contributed by atoms with E-state index in [4.69, 9.17) is 9.47 Å². The molecular weight excluding hydrogens is 458 g/mol. The van der Waals surface area contributed by atoms with Crippen LogP contribution in [-0.4, -0.2) is 27.3 Å². The Morgan fingerprint density at radius 3 is 2.42 bits per heavy atom. The van der Waals surface area contributed by atoms with Gasteiger partial charge >= 0.3 is 11.9 Å². The summed E-state index contributed by atoms with van der Waals surface area (Å²) in [5.74, 6) is -4.86. The molecule has 1 atom stereocenters. The minimum Gasteiger partial charge on any atom is -0.711 e. The zero-order valence-corrected chi connectivity index (χ0v) is 20.6. The summed E-state index contributed by atoms with van der Waals surface area (Å²) in [5.41, 5.74) is 3.59. The van der Waals surface area contributed by atoms with Crippen molar-refractivity contribution in [2.45, 2.75) is 45.9 Å². The molecule has 1 unspecified atom stereocenters. The Hall–Kier alpha value is -4.20. The van der Waals surface area contributed by atoms with Gasteiger partial charge in [-0.05, 0) is 29.3 Å². The van der Waals surface area contributed by atoms with E-state index in [1.165, 1.54) is 13.8 Å². The van der Waals surface area contributed by atoms with Crippen molar-refractivity contribution in [2.75, 3.05) is 0 Å². The quantitative estimate of drug-likeness (QED) is 0.184. The van der Waals surface area contributed by atoms with Crippen LogP contribution in [0.5, 0.6) is 0 Å². The van der Waals surface area contributed by atoms with Gasteiger partial charge in [-0.3, -0.25) is 14.6 Å². The first-order valence-corrected chi connectivity index (χ1v) is 11.8. The Bertz CT molecular complexity index is 1460. The van der Waals surface area contributed by atoms with Crippen LogP contribution in [-0.2, 0) is 25.6 Å². The number of ether oxygens (including phenoxy) is 2. The van der Waals surface area contributed by atoms with Gasteiger partial charge in [0.1, 0.15) is 23.9 Å². The van der Waals surface area contributed by atoms with Gasteiger partial charge in [0, 0.05) is 39.3 Å². The van der Waals surface area contributed by atoms with Crippen molar-refractivity contribution in [3.8, 4) is 0 Å². The number of rotatable bonds is 5. The first kappa shape index (κ1) is 23.5. The van der Waals surface area contributed by atoms with Crippen LogP contribution in [0.3, 0.4) is 0 Å². The molecule has 0 amide bonds. The van der Waals surface area contributed by atoms with Gasteiger partial charge < -0.3 is 14.7 Å². The molecule has 5 rings (SSSR count). The lowest BCUT2D eigenvalue weighted by Gasteiger charge is -2.35. The van der Waals surface area contributed by atoms with Gasteiger partial charge in [0.25, 0.3) is 11.6 Å². The average Bonchev–Trinajstić information content (AvgIpc) is 3.04. The smallest absolute Gasteiger partial charge is 0.324 e. The predicted octanol–water partition coefficient (Wildman–Crippen LogP) is 3.92. The first-order chi connectivity index (χ1) is 17.2. The van der Waals surface area contributed by atoms with Crippen molar-refractivity contribution in [3.05, 3.63) is 100 Å². The summed E-state index contributed by atoms with van der Waals surface area (Å²) in [7, 11) is 0. The fraction of sp³-hybridized carbons (Fsp3) is 0.286. The standard InChI is InChI=1S/C28H27N3O5/c1-17-18(2)31(34)25(30(17)16-19-9-6-5-7-10-19)23(24-26(32)35-28(3,4)36-27(24)33)21-12-13-22-20(15-21)11-8-14-29-22/h5-15,23-24H,16H2,1-4H3. The lowest BCUT2D eigenvalue weighted by Crippen LogP contribution is -2.50. The van der Waals surface area contributed by atoms with Crippen LogP contribution >= 0.6 is 0 Å². The van der Waals surface area contributed by atoms with Gasteiger partial charge in [-0.25, -0.2) is 9.30 Å². The van der Waals surface area contributed by atoms with Crippen LogP contribution in [0.4, 0.5) is 0 Å². The number of fused-ring (bicyclic) bond motifs is 1. The van der Waals surface area contributed by atoms with E-state index in [0.717, 1.165) is 26.9 Å². The van der Waals surface area contributed by atoms with E-state index in [9.17, 15) is 14.8 Å². The van der Waals surface area contributed by atoms with Crippen molar-refractivity contribution < 1.29 is 23.8 Å². The average molecular weight is 486 g/mol. The molecule has 3 heterocycles. The second-order valence-corrected chi connectivity index (χ2v) is 9.55. The van der Waals surface area contributed by atoms with Crippen molar-refractivity contribution in [1.82, 2.24) is 9.55 Å². The van der Waals surface area contributed by atoms with E-state index in [2.05, 4.69) is 4.98 Å². The molecule has 8 heteroatoms. The number of hydrogen-bond donors (Lipinski definition) is 0. The van der Waals surface area contributed by atoms with E-state index < -0.39 is 29.6 Å². The highest BCUT2D eigenvalue weighted by molar-refractivity contribution is 5.98. The van der Waals surface area contributed by atoms with E-state index in [0.29, 0.717) is 17.8 Å². The highest BCUT2D eigenvalue weighted by Crippen LogP contribution is 2.39. The number of hydrogen-bond acceptors (Lipinski definition) is 6. The number of esters is 2. The molecule has 0 N–H and O–H groups in total. The lowest BCUT2D eigenvalue weighted by molar-refractivity contribution is -0.621. The Kier molecular flexibility index (Phi) is 5.74. The van der Waals surface area contributed by atoms with E-state index >= 15 is 0 Å². The van der Waals surface area contributed by atoms with Gasteiger partial charge in [-0.2, -0.15) is 0 Å². The van der Waals surface area contributed by atoms with Crippen LogP contribution in [0.1, 0.15) is 48.1 Å². The monoisotopic (exact) mass is 485 g/mol. The van der Waals surface area contributed by atoms with Gasteiger partial charge in [0.15, 0.2) is 5.92 Å². The van der Waals surface area contributed by atoms with Crippen molar-refractivity contribution in [1.29, 1.82) is 0 Å². The van der Waals surface area contributed by atoms with E-state index in [-0.39, 0.29) is 5.82 Å². The van der Waals surface area contributed by atoms with Crippen LogP contribution in [0.15, 0.2) is 66.9 Å².